The van der Waals surface area contributed by atoms with Crippen molar-refractivity contribution in [2.45, 2.75) is 114 Å². The number of aliphatic hydroxyl groups is 2. The summed E-state index contributed by atoms with van der Waals surface area (Å²) in [6.07, 6.45) is -2.71. The van der Waals surface area contributed by atoms with Crippen LogP contribution in [-0.2, 0) is 43.2 Å². The van der Waals surface area contributed by atoms with Gasteiger partial charge in [0.1, 0.15) is 36.3 Å². The quantitative estimate of drug-likeness (QED) is 0.0189. The number of hydrogen-bond donors (Lipinski definition) is 17. The minimum Gasteiger partial charge on any atom is -0.481 e. The highest BCUT2D eigenvalue weighted by Gasteiger charge is 2.35. The predicted molar refractivity (Wildman–Crippen MR) is 203 cm³/mol. The Bertz CT molecular complexity index is 1480. The van der Waals surface area contributed by atoms with E-state index in [0.29, 0.717) is 6.42 Å². The number of primary amides is 2. The first-order chi connectivity index (χ1) is 27.1. The monoisotopic (exact) mass is 830 g/mol. The number of carboxylic acid groups (broad SMARTS) is 1. The molecule has 26 nitrogen and oxygen atoms in total. The van der Waals surface area contributed by atoms with Crippen molar-refractivity contribution < 1.29 is 58.5 Å². The highest BCUT2D eigenvalue weighted by molar-refractivity contribution is 5.98. The number of hydrogen-bond acceptors (Lipinski definition) is 13. The van der Waals surface area contributed by atoms with Crippen molar-refractivity contribution >= 4 is 65.1 Å². The Hall–Kier alpha value is -6.31. The van der Waals surface area contributed by atoms with Crippen LogP contribution in [0.2, 0.25) is 0 Å². The van der Waals surface area contributed by atoms with E-state index in [1.807, 2.05) is 0 Å². The van der Waals surface area contributed by atoms with Gasteiger partial charge in [0.25, 0.3) is 0 Å². The molecule has 8 amide bonds. The second-order valence-electron chi connectivity index (χ2n) is 13.0. The van der Waals surface area contributed by atoms with Crippen LogP contribution < -0.4 is 65.5 Å². The molecule has 0 unspecified atom stereocenters. The van der Waals surface area contributed by atoms with Gasteiger partial charge in [0, 0.05) is 25.9 Å². The summed E-state index contributed by atoms with van der Waals surface area (Å²) in [7, 11) is 0. The van der Waals surface area contributed by atoms with Crippen LogP contribution in [0.25, 0.3) is 0 Å². The van der Waals surface area contributed by atoms with Crippen molar-refractivity contribution in [1.82, 2.24) is 42.5 Å². The number of unbranched alkanes of at least 4 members (excludes halogenated alkanes) is 1. The Balaban J connectivity index is 6.13. The molecule has 7 atom stereocenters. The number of carbonyl (C=O) groups excluding carboxylic acids is 8. The molecule has 0 heterocycles. The molecule has 0 bridgehead atoms. The lowest BCUT2D eigenvalue weighted by Crippen LogP contribution is -2.62. The number of nitrogens with two attached hydrogens (primary N) is 4. The number of carbonyl (C=O) groups is 9. The predicted octanol–water partition coefficient (Wildman–Crippen LogP) is -7.18. The smallest absolute Gasteiger partial charge is 0.305 e. The first-order valence-electron chi connectivity index (χ1n) is 18.2. The van der Waals surface area contributed by atoms with Crippen LogP contribution in [-0.4, -0.2) is 143 Å². The standard InChI is InChI=1S/C32H58N14O12/c1-3-22(50)41-17(8-6-12-40-32(37)38)26(54)45-20(14-47)29(57)44-19(13-23(51)52)28(56)46-24(15(2)48)30(58)43-18(7-4-5-11-39-31(35)36)27(55)42-16(25(34)53)9-10-21(33)49/h15-20,24,47-48H,3-14H2,1-2H3,(H2,33,49)(H2,34,53)(H,41,50)(H,42,55)(H,43,58)(H,44,57)(H,45,54)(H,46,56)(H,51,52)(H4,35,36,39)(H4,37,38,40)/t15-,16+,17+,18+,19+,20+,24+/m1/s1. The summed E-state index contributed by atoms with van der Waals surface area (Å²) in [6, 6.07) is -9.67. The molecule has 58 heavy (non-hydrogen) atoms. The molecule has 0 aromatic heterocycles. The zero-order chi connectivity index (χ0) is 44.5. The minimum atomic E-state index is -1.97. The van der Waals surface area contributed by atoms with Gasteiger partial charge in [-0.25, -0.2) is 0 Å². The molecule has 0 aliphatic carbocycles. The molecule has 0 saturated heterocycles. The highest BCUT2D eigenvalue weighted by Crippen LogP contribution is 2.07. The van der Waals surface area contributed by atoms with Crippen molar-refractivity contribution in [3.8, 4) is 0 Å². The zero-order valence-corrected chi connectivity index (χ0v) is 32.4. The van der Waals surface area contributed by atoms with Gasteiger partial charge in [0.15, 0.2) is 11.9 Å². The summed E-state index contributed by atoms with van der Waals surface area (Å²) in [4.78, 5) is 113. The van der Waals surface area contributed by atoms with E-state index >= 15 is 0 Å². The van der Waals surface area contributed by atoms with Gasteiger partial charge < -0.3 is 80.8 Å². The van der Waals surface area contributed by atoms with E-state index in [0.717, 1.165) is 6.92 Å². The first-order valence-corrected chi connectivity index (χ1v) is 18.2. The van der Waals surface area contributed by atoms with Crippen LogP contribution >= 0.6 is 0 Å². The van der Waals surface area contributed by atoms with Gasteiger partial charge in [-0.3, -0.25) is 54.0 Å². The highest BCUT2D eigenvalue weighted by atomic mass is 16.4. The number of aliphatic carboxylic acids is 1. The Labute approximate surface area is 333 Å². The van der Waals surface area contributed by atoms with Gasteiger partial charge in [-0.15, -0.1) is 0 Å². The van der Waals surface area contributed by atoms with Crippen molar-refractivity contribution in [2.24, 2.45) is 22.9 Å². The second kappa shape index (κ2) is 27.3. The molecule has 0 rings (SSSR count). The molecule has 0 spiro atoms. The third-order valence-corrected chi connectivity index (χ3v) is 8.06. The topological polar surface area (TPSA) is 462 Å². The Kier molecular flexibility index (Phi) is 24.3. The number of amides is 8. The number of guanidine groups is 2. The van der Waals surface area contributed by atoms with Gasteiger partial charge in [-0.05, 0) is 45.4 Å². The van der Waals surface area contributed by atoms with Gasteiger partial charge in [-0.2, -0.15) is 0 Å². The molecule has 0 aliphatic heterocycles. The van der Waals surface area contributed by atoms with E-state index in [4.69, 9.17) is 33.8 Å². The second-order valence-corrected chi connectivity index (χ2v) is 13.0. The van der Waals surface area contributed by atoms with Crippen molar-refractivity contribution in [1.29, 1.82) is 10.8 Å². The average Bonchev–Trinajstić information content (AvgIpc) is 3.13. The zero-order valence-electron chi connectivity index (χ0n) is 32.4. The molecule has 0 radical (unpaired) electrons. The number of nitrogens with one attached hydrogen (secondary N) is 10. The normalized spacial score (nSPS) is 14.3. The van der Waals surface area contributed by atoms with E-state index < -0.39 is 109 Å². The molecule has 26 heteroatoms. The Morgan fingerprint density at radius 2 is 1.07 bits per heavy atom. The summed E-state index contributed by atoms with van der Waals surface area (Å²) in [5, 5.41) is 63.0. The summed E-state index contributed by atoms with van der Waals surface area (Å²) >= 11 is 0. The van der Waals surface area contributed by atoms with Crippen LogP contribution in [0.5, 0.6) is 0 Å². The van der Waals surface area contributed by atoms with Gasteiger partial charge in [0.05, 0.1) is 19.1 Å². The molecule has 21 N–H and O–H groups in total. The van der Waals surface area contributed by atoms with Gasteiger partial charge in [0.2, 0.25) is 47.3 Å². The summed E-state index contributed by atoms with van der Waals surface area (Å²) in [5.41, 5.74) is 21.0. The maximum atomic E-state index is 13.5. The lowest BCUT2D eigenvalue weighted by atomic mass is 10.0. The van der Waals surface area contributed by atoms with E-state index in [1.54, 1.807) is 0 Å². The van der Waals surface area contributed by atoms with Crippen LogP contribution in [0.1, 0.15) is 71.6 Å². The summed E-state index contributed by atoms with van der Waals surface area (Å²) in [6.45, 7) is 1.91. The molecule has 0 aliphatic rings. The fraction of sp³-hybridized carbons (Fsp3) is 0.656. The molecule has 328 valence electrons. The van der Waals surface area contributed by atoms with Crippen LogP contribution in [0.3, 0.4) is 0 Å². The molecule has 0 aromatic rings. The van der Waals surface area contributed by atoms with Crippen molar-refractivity contribution in [3.63, 3.8) is 0 Å². The number of aliphatic hydroxyl groups excluding tert-OH is 2. The summed E-state index contributed by atoms with van der Waals surface area (Å²) in [5.74, 6) is -10.2. The van der Waals surface area contributed by atoms with Gasteiger partial charge >= 0.3 is 5.97 Å². The first kappa shape index (κ1) is 51.7. The molecule has 0 saturated carbocycles. The van der Waals surface area contributed by atoms with Crippen LogP contribution in [0.15, 0.2) is 0 Å². The van der Waals surface area contributed by atoms with E-state index in [-0.39, 0.29) is 70.0 Å². The molecular formula is C32H58N14O12. The lowest BCUT2D eigenvalue weighted by molar-refractivity contribution is -0.142. The maximum absolute atomic E-state index is 13.5. The van der Waals surface area contributed by atoms with E-state index in [2.05, 4.69) is 42.5 Å². The Morgan fingerprint density at radius 1 is 0.603 bits per heavy atom. The molecular weight excluding hydrogens is 772 g/mol. The third-order valence-electron chi connectivity index (χ3n) is 8.06. The number of carboxylic acids is 1. The molecule has 0 fully saturated rings. The Morgan fingerprint density at radius 3 is 1.55 bits per heavy atom. The molecule has 0 aromatic carbocycles. The fourth-order valence-electron chi connectivity index (χ4n) is 4.95. The SMILES string of the molecule is CCC(=O)N[C@@H](CCCNC(=N)N)C(=O)N[C@@H](CO)C(=O)N[C@@H](CC(=O)O)C(=O)N[C@H](C(=O)N[C@@H](CCCCNC(=N)N)C(=O)N[C@@H](CCC(N)=O)C(N)=O)[C@@H](C)O. The van der Waals surface area contributed by atoms with Crippen LogP contribution in [0, 0.1) is 10.8 Å². The van der Waals surface area contributed by atoms with E-state index in [1.165, 1.54) is 6.92 Å². The van der Waals surface area contributed by atoms with Crippen LogP contribution in [0.4, 0.5) is 0 Å². The minimum absolute atomic E-state index is 0.00119. The average molecular weight is 831 g/mol. The van der Waals surface area contributed by atoms with Crippen molar-refractivity contribution in [3.05, 3.63) is 0 Å². The summed E-state index contributed by atoms with van der Waals surface area (Å²) < 4.78 is 0. The van der Waals surface area contributed by atoms with Crippen molar-refractivity contribution in [2.75, 3.05) is 19.7 Å². The maximum Gasteiger partial charge on any atom is 0.305 e. The fourth-order valence-corrected chi connectivity index (χ4v) is 4.95. The lowest BCUT2D eigenvalue weighted by Gasteiger charge is -2.28. The van der Waals surface area contributed by atoms with E-state index in [9.17, 15) is 58.5 Å². The largest absolute Gasteiger partial charge is 0.481 e. The third kappa shape index (κ3) is 21.7. The number of rotatable bonds is 29. The van der Waals surface area contributed by atoms with Gasteiger partial charge in [-0.1, -0.05) is 6.92 Å².